The molecule has 1 unspecified atom stereocenters. The van der Waals surface area contributed by atoms with Crippen LogP contribution >= 0.6 is 0 Å². The molecule has 0 aliphatic carbocycles. The lowest BCUT2D eigenvalue weighted by atomic mass is 10.0. The summed E-state index contributed by atoms with van der Waals surface area (Å²) in [6, 6.07) is 15.0. The zero-order valence-electron chi connectivity index (χ0n) is 16.3. The van der Waals surface area contributed by atoms with E-state index in [0.29, 0.717) is 24.2 Å². The van der Waals surface area contributed by atoms with Crippen molar-refractivity contribution >= 4 is 23.4 Å². The number of amides is 3. The number of aromatic nitrogens is 2. The second-order valence-corrected chi connectivity index (χ2v) is 6.80. The average Bonchev–Trinajstić information content (AvgIpc) is 3.26. The van der Waals surface area contributed by atoms with Crippen molar-refractivity contribution in [3.05, 3.63) is 84.4 Å². The monoisotopic (exact) mass is 405 g/mol. The van der Waals surface area contributed by atoms with E-state index in [4.69, 9.17) is 5.73 Å². The number of hydrogen-bond donors (Lipinski definition) is 3. The molecule has 30 heavy (non-hydrogen) atoms. The molecule has 0 saturated carbocycles. The number of anilines is 1. The number of nitrogens with one attached hydrogen (secondary N) is 2. The van der Waals surface area contributed by atoms with Crippen molar-refractivity contribution in [2.24, 2.45) is 5.73 Å². The summed E-state index contributed by atoms with van der Waals surface area (Å²) in [7, 11) is 0. The number of hydrogen-bond acceptors (Lipinski definition) is 4. The number of imidazole rings is 1. The smallest absolute Gasteiger partial charge is 0.252 e. The van der Waals surface area contributed by atoms with Gasteiger partial charge in [-0.05, 0) is 23.8 Å². The highest BCUT2D eigenvalue weighted by Crippen LogP contribution is 2.12. The minimum atomic E-state index is -0.840. The van der Waals surface area contributed by atoms with E-state index in [2.05, 4.69) is 15.6 Å². The molecule has 1 aromatic heterocycles. The predicted molar refractivity (Wildman–Crippen MR) is 113 cm³/mol. The fourth-order valence-electron chi connectivity index (χ4n) is 2.93. The highest BCUT2D eigenvalue weighted by Gasteiger charge is 2.19. The van der Waals surface area contributed by atoms with E-state index in [-0.39, 0.29) is 12.3 Å². The molecule has 8 heteroatoms. The largest absolute Gasteiger partial charge is 0.368 e. The van der Waals surface area contributed by atoms with Gasteiger partial charge >= 0.3 is 0 Å². The molecule has 3 rings (SSSR count). The lowest BCUT2D eigenvalue weighted by Crippen LogP contribution is -2.45. The zero-order chi connectivity index (χ0) is 21.3. The minimum absolute atomic E-state index is 0.180. The molecule has 0 fully saturated rings. The highest BCUT2D eigenvalue weighted by molar-refractivity contribution is 5.99. The van der Waals surface area contributed by atoms with Crippen LogP contribution in [0, 0.1) is 0 Å². The van der Waals surface area contributed by atoms with Gasteiger partial charge in [0.25, 0.3) is 5.91 Å². The molecule has 0 spiro atoms. The van der Waals surface area contributed by atoms with Crippen LogP contribution in [0.5, 0.6) is 0 Å². The van der Waals surface area contributed by atoms with E-state index < -0.39 is 17.9 Å². The molecule has 0 bridgehead atoms. The van der Waals surface area contributed by atoms with Crippen LogP contribution in [0.15, 0.2) is 73.3 Å². The van der Waals surface area contributed by atoms with Crippen molar-refractivity contribution in [2.75, 3.05) is 5.32 Å². The number of carbonyl (C=O) groups is 3. The summed E-state index contributed by atoms with van der Waals surface area (Å²) in [5.74, 6) is -1.24. The van der Waals surface area contributed by atoms with Crippen LogP contribution in [0.4, 0.5) is 5.69 Å². The molecular formula is C22H23N5O3. The fourth-order valence-corrected chi connectivity index (χ4v) is 2.93. The number of nitrogens with two attached hydrogens (primary N) is 1. The van der Waals surface area contributed by atoms with Crippen molar-refractivity contribution in [3.63, 3.8) is 0 Å². The molecular weight excluding hydrogens is 382 g/mol. The molecule has 0 radical (unpaired) electrons. The van der Waals surface area contributed by atoms with Crippen LogP contribution in [0.2, 0.25) is 0 Å². The van der Waals surface area contributed by atoms with E-state index in [1.165, 1.54) is 0 Å². The Morgan fingerprint density at radius 3 is 2.57 bits per heavy atom. The van der Waals surface area contributed by atoms with Gasteiger partial charge in [-0.15, -0.1) is 0 Å². The van der Waals surface area contributed by atoms with Crippen molar-refractivity contribution < 1.29 is 14.4 Å². The summed E-state index contributed by atoms with van der Waals surface area (Å²) in [5, 5.41) is 5.44. The molecule has 4 N–H and O–H groups in total. The first-order valence-electron chi connectivity index (χ1n) is 9.51. The Hall–Kier alpha value is -3.94. The summed E-state index contributed by atoms with van der Waals surface area (Å²) in [4.78, 5) is 40.5. The second-order valence-electron chi connectivity index (χ2n) is 6.80. The second kappa shape index (κ2) is 10.0. The Kier molecular flexibility index (Phi) is 6.94. The topological polar surface area (TPSA) is 119 Å². The lowest BCUT2D eigenvalue weighted by Gasteiger charge is -2.16. The molecule has 0 aliphatic rings. The first-order valence-corrected chi connectivity index (χ1v) is 9.51. The van der Waals surface area contributed by atoms with Crippen LogP contribution in [0.25, 0.3) is 0 Å². The van der Waals surface area contributed by atoms with Gasteiger partial charge in [-0.1, -0.05) is 36.4 Å². The quantitative estimate of drug-likeness (QED) is 0.502. The third-order valence-corrected chi connectivity index (χ3v) is 4.50. The maximum absolute atomic E-state index is 12.6. The Labute approximate surface area is 174 Å². The van der Waals surface area contributed by atoms with Crippen molar-refractivity contribution in [2.45, 2.75) is 25.4 Å². The van der Waals surface area contributed by atoms with Gasteiger partial charge in [-0.3, -0.25) is 14.4 Å². The van der Waals surface area contributed by atoms with Gasteiger partial charge in [0.1, 0.15) is 6.04 Å². The summed E-state index contributed by atoms with van der Waals surface area (Å²) < 4.78 is 1.81. The standard InChI is InChI=1S/C22H23N5O3/c23-21(29)19(13-16-5-2-1-3-6-16)26-22(30)17-7-4-8-18(14-17)25-20(28)9-11-27-12-10-24-15-27/h1-8,10,12,14-15,19H,9,11,13H2,(H2,23,29)(H,25,28)(H,26,30). The Morgan fingerprint density at radius 1 is 1.07 bits per heavy atom. The van der Waals surface area contributed by atoms with Crippen LogP contribution in [0.1, 0.15) is 22.3 Å². The molecule has 1 heterocycles. The van der Waals surface area contributed by atoms with Gasteiger partial charge in [0.15, 0.2) is 0 Å². The third-order valence-electron chi connectivity index (χ3n) is 4.50. The van der Waals surface area contributed by atoms with E-state index in [1.807, 2.05) is 30.3 Å². The summed E-state index contributed by atoms with van der Waals surface area (Å²) >= 11 is 0. The number of benzene rings is 2. The molecule has 3 aromatic rings. The normalized spacial score (nSPS) is 11.5. The molecule has 0 saturated heterocycles. The fraction of sp³-hybridized carbons (Fsp3) is 0.182. The number of aryl methyl sites for hydroxylation is 1. The Morgan fingerprint density at radius 2 is 1.87 bits per heavy atom. The maximum Gasteiger partial charge on any atom is 0.252 e. The van der Waals surface area contributed by atoms with E-state index in [1.54, 1.807) is 47.6 Å². The summed E-state index contributed by atoms with van der Waals surface area (Å²) in [5.41, 5.74) is 7.17. The van der Waals surface area contributed by atoms with Gasteiger partial charge in [-0.25, -0.2) is 4.98 Å². The van der Waals surface area contributed by atoms with E-state index in [9.17, 15) is 14.4 Å². The van der Waals surface area contributed by atoms with E-state index in [0.717, 1.165) is 5.56 Å². The van der Waals surface area contributed by atoms with Gasteiger partial charge < -0.3 is 20.9 Å². The molecule has 0 aliphatic heterocycles. The van der Waals surface area contributed by atoms with Gasteiger partial charge in [0.05, 0.1) is 6.33 Å². The first kappa shape index (κ1) is 20.8. The van der Waals surface area contributed by atoms with Gasteiger partial charge in [0.2, 0.25) is 11.8 Å². The average molecular weight is 405 g/mol. The molecule has 154 valence electrons. The number of primary amides is 1. The molecule has 3 amide bonds. The van der Waals surface area contributed by atoms with Crippen LogP contribution < -0.4 is 16.4 Å². The predicted octanol–water partition coefficient (Wildman–Crippen LogP) is 1.74. The third kappa shape index (κ3) is 6.03. The zero-order valence-corrected chi connectivity index (χ0v) is 16.3. The maximum atomic E-state index is 12.6. The first-order chi connectivity index (χ1) is 14.5. The number of nitrogens with zero attached hydrogens (tertiary/aromatic N) is 2. The van der Waals surface area contributed by atoms with Crippen molar-refractivity contribution in [3.8, 4) is 0 Å². The molecule has 1 atom stereocenters. The minimum Gasteiger partial charge on any atom is -0.368 e. The van der Waals surface area contributed by atoms with Gasteiger partial charge in [0, 0.05) is 43.0 Å². The molecule has 8 nitrogen and oxygen atoms in total. The SMILES string of the molecule is NC(=O)C(Cc1ccccc1)NC(=O)c1cccc(NC(=O)CCn2ccnc2)c1. The Balaban J connectivity index is 1.60. The number of rotatable bonds is 9. The lowest BCUT2D eigenvalue weighted by molar-refractivity contribution is -0.120. The van der Waals surface area contributed by atoms with Crippen LogP contribution in [0.3, 0.4) is 0 Å². The van der Waals surface area contributed by atoms with Gasteiger partial charge in [-0.2, -0.15) is 0 Å². The van der Waals surface area contributed by atoms with E-state index >= 15 is 0 Å². The van der Waals surface area contributed by atoms with Crippen molar-refractivity contribution in [1.82, 2.24) is 14.9 Å². The Bertz CT molecular complexity index is 1000. The summed E-state index contributed by atoms with van der Waals surface area (Å²) in [6.45, 7) is 0.506. The summed E-state index contributed by atoms with van der Waals surface area (Å²) in [6.07, 6.45) is 5.64. The van der Waals surface area contributed by atoms with Crippen molar-refractivity contribution in [1.29, 1.82) is 0 Å². The van der Waals surface area contributed by atoms with Crippen LogP contribution in [-0.4, -0.2) is 33.3 Å². The van der Waals surface area contributed by atoms with Crippen LogP contribution in [-0.2, 0) is 22.6 Å². The highest BCUT2D eigenvalue weighted by atomic mass is 16.2. The number of carbonyl (C=O) groups excluding carboxylic acids is 3. The molecule has 2 aromatic carbocycles.